The summed E-state index contributed by atoms with van der Waals surface area (Å²) in [4.78, 5) is 13.6. The topological polar surface area (TPSA) is 54.5 Å². The van der Waals surface area contributed by atoms with Gasteiger partial charge in [0.15, 0.2) is 0 Å². The highest BCUT2D eigenvalue weighted by atomic mass is 16.6. The molecular formula is C15H17N2O2+. The maximum atomic E-state index is 12.2. The summed E-state index contributed by atoms with van der Waals surface area (Å²) in [6.45, 7) is 2.82. The van der Waals surface area contributed by atoms with Gasteiger partial charge in [-0.2, -0.15) is 5.26 Å². The number of fused-ring (bicyclic) bond motifs is 3. The summed E-state index contributed by atoms with van der Waals surface area (Å²) in [5.74, 6) is -0.182. The Balaban J connectivity index is 1.81. The first-order valence-corrected chi connectivity index (χ1v) is 6.77. The average Bonchev–Trinajstić information content (AvgIpc) is 2.49. The van der Waals surface area contributed by atoms with Crippen molar-refractivity contribution >= 4 is 5.97 Å². The zero-order valence-corrected chi connectivity index (χ0v) is 10.8. The second-order valence-corrected chi connectivity index (χ2v) is 5.46. The molecule has 1 N–H and O–H groups in total. The van der Waals surface area contributed by atoms with Crippen molar-refractivity contribution in [3.05, 3.63) is 35.9 Å². The molecule has 3 saturated heterocycles. The molecule has 4 heteroatoms. The fraction of sp³-hybridized carbons (Fsp3) is 0.467. The molecular weight excluding hydrogens is 240 g/mol. The molecule has 2 bridgehead atoms. The Kier molecular flexibility index (Phi) is 3.00. The van der Waals surface area contributed by atoms with Gasteiger partial charge in [-0.3, -0.25) is 0 Å². The first kappa shape index (κ1) is 12.2. The number of ether oxygens (including phenoxy) is 1. The largest absolute Gasteiger partial charge is 0.434 e. The molecule has 1 aromatic rings. The molecule has 0 spiro atoms. The predicted molar refractivity (Wildman–Crippen MR) is 68.5 cm³/mol. The summed E-state index contributed by atoms with van der Waals surface area (Å²) in [7, 11) is 0. The van der Waals surface area contributed by atoms with Crippen LogP contribution in [-0.4, -0.2) is 31.2 Å². The van der Waals surface area contributed by atoms with E-state index in [1.165, 1.54) is 4.90 Å². The second-order valence-electron chi connectivity index (χ2n) is 5.46. The van der Waals surface area contributed by atoms with E-state index in [9.17, 15) is 10.1 Å². The number of carbonyl (C=O) groups is 1. The van der Waals surface area contributed by atoms with Crippen LogP contribution in [0.2, 0.25) is 0 Å². The van der Waals surface area contributed by atoms with Gasteiger partial charge in [0.1, 0.15) is 12.6 Å². The van der Waals surface area contributed by atoms with Crippen LogP contribution in [0.15, 0.2) is 30.3 Å². The van der Waals surface area contributed by atoms with Gasteiger partial charge in [-0.25, -0.2) is 4.79 Å². The van der Waals surface area contributed by atoms with Gasteiger partial charge in [-0.05, 0) is 12.1 Å². The maximum absolute atomic E-state index is 12.2. The minimum atomic E-state index is -0.918. The molecule has 0 aliphatic carbocycles. The third-order valence-corrected chi connectivity index (χ3v) is 4.34. The molecule has 1 aromatic carbocycles. The third-order valence-electron chi connectivity index (χ3n) is 4.34. The van der Waals surface area contributed by atoms with Crippen LogP contribution < -0.4 is 4.90 Å². The van der Waals surface area contributed by atoms with Gasteiger partial charge >= 0.3 is 5.97 Å². The molecule has 19 heavy (non-hydrogen) atoms. The lowest BCUT2D eigenvalue weighted by Crippen LogP contribution is -3.17. The van der Waals surface area contributed by atoms with Crippen LogP contribution in [-0.2, 0) is 4.74 Å². The van der Waals surface area contributed by atoms with Crippen molar-refractivity contribution in [2.75, 3.05) is 19.6 Å². The molecule has 3 aliphatic heterocycles. The Hall–Kier alpha value is -1.86. The van der Waals surface area contributed by atoms with Crippen LogP contribution in [0.5, 0.6) is 0 Å². The normalized spacial score (nSPS) is 32.6. The quantitative estimate of drug-likeness (QED) is 0.781. The molecule has 0 amide bonds. The highest BCUT2D eigenvalue weighted by Crippen LogP contribution is 2.31. The van der Waals surface area contributed by atoms with E-state index in [0.717, 1.165) is 25.9 Å². The summed E-state index contributed by atoms with van der Waals surface area (Å²) in [5.41, 5.74) is -0.401. The monoisotopic (exact) mass is 257 g/mol. The third kappa shape index (κ3) is 2.11. The number of quaternary nitrogens is 1. The molecule has 3 aliphatic rings. The van der Waals surface area contributed by atoms with Crippen LogP contribution >= 0.6 is 0 Å². The fourth-order valence-electron chi connectivity index (χ4n) is 3.26. The van der Waals surface area contributed by atoms with Gasteiger partial charge in [-0.15, -0.1) is 0 Å². The van der Waals surface area contributed by atoms with Gasteiger partial charge in [-0.1, -0.05) is 18.2 Å². The first-order valence-electron chi connectivity index (χ1n) is 6.77. The lowest BCUT2D eigenvalue weighted by molar-refractivity contribution is -0.923. The molecule has 98 valence electrons. The van der Waals surface area contributed by atoms with Gasteiger partial charge in [0.25, 0.3) is 0 Å². The van der Waals surface area contributed by atoms with E-state index in [1.54, 1.807) is 24.3 Å². The summed E-state index contributed by atoms with van der Waals surface area (Å²) in [6.07, 6.45) is 1.95. The van der Waals surface area contributed by atoms with Crippen molar-refractivity contribution in [1.82, 2.24) is 0 Å². The molecule has 1 atom stereocenters. The van der Waals surface area contributed by atoms with Gasteiger partial charge in [0.2, 0.25) is 5.60 Å². The number of nitriles is 1. The summed E-state index contributed by atoms with van der Waals surface area (Å²) >= 11 is 0. The van der Waals surface area contributed by atoms with E-state index in [-0.39, 0.29) is 11.9 Å². The van der Waals surface area contributed by atoms with Crippen molar-refractivity contribution in [3.63, 3.8) is 0 Å². The highest BCUT2D eigenvalue weighted by molar-refractivity contribution is 5.89. The highest BCUT2D eigenvalue weighted by Gasteiger charge is 2.53. The van der Waals surface area contributed by atoms with Crippen LogP contribution in [0.4, 0.5) is 0 Å². The lowest BCUT2D eigenvalue weighted by Gasteiger charge is -2.45. The maximum Gasteiger partial charge on any atom is 0.339 e. The van der Waals surface area contributed by atoms with Gasteiger partial charge in [0.05, 0.1) is 18.7 Å². The molecule has 0 unspecified atom stereocenters. The number of piperidine rings is 3. The molecule has 0 radical (unpaired) electrons. The predicted octanol–water partition coefficient (Wildman–Crippen LogP) is 0.414. The van der Waals surface area contributed by atoms with Crippen molar-refractivity contribution in [2.24, 2.45) is 5.92 Å². The zero-order valence-electron chi connectivity index (χ0n) is 10.8. The number of rotatable bonds is 2. The minimum Gasteiger partial charge on any atom is -0.434 e. The van der Waals surface area contributed by atoms with E-state index in [1.807, 2.05) is 6.07 Å². The van der Waals surface area contributed by atoms with Crippen molar-refractivity contribution < 1.29 is 14.4 Å². The van der Waals surface area contributed by atoms with E-state index in [2.05, 4.69) is 6.07 Å². The molecule has 0 saturated carbocycles. The summed E-state index contributed by atoms with van der Waals surface area (Å²) < 4.78 is 5.63. The van der Waals surface area contributed by atoms with Crippen molar-refractivity contribution in [1.29, 1.82) is 5.26 Å². The van der Waals surface area contributed by atoms with Crippen LogP contribution in [0.1, 0.15) is 23.2 Å². The Morgan fingerprint density at radius 2 is 2.00 bits per heavy atom. The molecule has 4 rings (SSSR count). The SMILES string of the molecule is N#C[C@]1(OC(=O)c2ccccc2)C[NH+]2CCC1CC2. The van der Waals surface area contributed by atoms with Gasteiger partial charge < -0.3 is 9.64 Å². The smallest absolute Gasteiger partial charge is 0.339 e. The Morgan fingerprint density at radius 1 is 1.32 bits per heavy atom. The molecule has 3 heterocycles. The second kappa shape index (κ2) is 4.67. The summed E-state index contributed by atoms with van der Waals surface area (Å²) in [6, 6.07) is 11.2. The van der Waals surface area contributed by atoms with Crippen LogP contribution in [0, 0.1) is 17.2 Å². The Labute approximate surface area is 112 Å². The number of esters is 1. The van der Waals surface area contributed by atoms with Crippen molar-refractivity contribution in [2.45, 2.75) is 18.4 Å². The van der Waals surface area contributed by atoms with E-state index in [4.69, 9.17) is 4.74 Å². The van der Waals surface area contributed by atoms with Crippen LogP contribution in [0.25, 0.3) is 0 Å². The standard InChI is InChI=1S/C15H16N2O2/c16-10-15(11-17-8-6-13(15)7-9-17)19-14(18)12-4-2-1-3-5-12/h1-5,13H,6-9,11H2/p+1/t15-/m0/s1. The van der Waals surface area contributed by atoms with E-state index >= 15 is 0 Å². The zero-order chi connectivity index (χ0) is 13.3. The average molecular weight is 257 g/mol. The molecule has 3 fully saturated rings. The first-order chi connectivity index (χ1) is 9.23. The number of nitrogens with one attached hydrogen (secondary N) is 1. The Bertz CT molecular complexity index is 515. The molecule has 0 aromatic heterocycles. The number of nitrogens with zero attached hydrogens (tertiary/aromatic N) is 1. The number of benzene rings is 1. The van der Waals surface area contributed by atoms with Crippen LogP contribution in [0.3, 0.4) is 0 Å². The minimum absolute atomic E-state index is 0.197. The Morgan fingerprint density at radius 3 is 2.53 bits per heavy atom. The fourth-order valence-corrected chi connectivity index (χ4v) is 3.26. The summed E-state index contributed by atoms with van der Waals surface area (Å²) in [5, 5.41) is 9.52. The number of hydrogen-bond acceptors (Lipinski definition) is 3. The number of carbonyl (C=O) groups excluding carboxylic acids is 1. The molecule has 4 nitrogen and oxygen atoms in total. The van der Waals surface area contributed by atoms with Crippen molar-refractivity contribution in [3.8, 4) is 6.07 Å². The van der Waals surface area contributed by atoms with E-state index in [0.29, 0.717) is 12.1 Å². The lowest BCUT2D eigenvalue weighted by atomic mass is 9.76. The van der Waals surface area contributed by atoms with Gasteiger partial charge in [0, 0.05) is 18.8 Å². The van der Waals surface area contributed by atoms with E-state index < -0.39 is 5.60 Å². The number of hydrogen-bond donors (Lipinski definition) is 1.